The molecule has 0 N–H and O–H groups in total. The molecule has 0 unspecified atom stereocenters. The Kier molecular flexibility index (Phi) is 5.04. The molecule has 0 atom stereocenters. The van der Waals surface area contributed by atoms with Gasteiger partial charge in [0.15, 0.2) is 5.78 Å². The summed E-state index contributed by atoms with van der Waals surface area (Å²) in [6.45, 7) is 1.37. The minimum Gasteiger partial charge on any atom is -0.459 e. The van der Waals surface area contributed by atoms with Crippen molar-refractivity contribution in [3.8, 4) is 0 Å². The van der Waals surface area contributed by atoms with Crippen LogP contribution in [0.2, 0.25) is 0 Å². The molecule has 1 aliphatic rings. The zero-order valence-corrected chi connectivity index (χ0v) is 11.7. The van der Waals surface area contributed by atoms with Crippen molar-refractivity contribution >= 4 is 17.8 Å². The Morgan fingerprint density at radius 3 is 2.60 bits per heavy atom. The van der Waals surface area contributed by atoms with E-state index < -0.39 is 5.97 Å². The first-order valence-electron chi connectivity index (χ1n) is 7.01. The van der Waals surface area contributed by atoms with Crippen LogP contribution < -0.4 is 0 Å². The van der Waals surface area contributed by atoms with Crippen molar-refractivity contribution in [2.45, 2.75) is 45.1 Å². The molecule has 0 bridgehead atoms. The largest absolute Gasteiger partial charge is 0.459 e. The second-order valence-electron chi connectivity index (χ2n) is 5.03. The van der Waals surface area contributed by atoms with E-state index in [4.69, 9.17) is 4.74 Å². The van der Waals surface area contributed by atoms with Crippen LogP contribution in [-0.4, -0.2) is 22.8 Å². The molecule has 1 aliphatic carbocycles. The Bertz CT molecular complexity index is 502. The summed E-state index contributed by atoms with van der Waals surface area (Å²) in [6.07, 6.45) is 8.19. The zero-order chi connectivity index (χ0) is 14.4. The van der Waals surface area contributed by atoms with Crippen molar-refractivity contribution in [3.05, 3.63) is 35.7 Å². The van der Waals surface area contributed by atoms with E-state index in [9.17, 15) is 9.59 Å². The van der Waals surface area contributed by atoms with Crippen molar-refractivity contribution in [1.82, 2.24) is 4.98 Å². The van der Waals surface area contributed by atoms with E-state index in [2.05, 4.69) is 4.98 Å². The lowest BCUT2D eigenvalue weighted by Crippen LogP contribution is -2.23. The Hall–Kier alpha value is -1.97. The van der Waals surface area contributed by atoms with Gasteiger partial charge in [0.25, 0.3) is 0 Å². The summed E-state index contributed by atoms with van der Waals surface area (Å²) in [5.74, 6) is -0.827. The van der Waals surface area contributed by atoms with Crippen LogP contribution in [0.15, 0.2) is 30.0 Å². The number of esters is 1. The third kappa shape index (κ3) is 4.02. The topological polar surface area (TPSA) is 56.3 Å². The van der Waals surface area contributed by atoms with Gasteiger partial charge in [0.1, 0.15) is 11.7 Å². The number of pyridine rings is 1. The number of hydrogen-bond acceptors (Lipinski definition) is 4. The lowest BCUT2D eigenvalue weighted by Gasteiger charge is -2.22. The summed E-state index contributed by atoms with van der Waals surface area (Å²) in [5, 5.41) is 0. The van der Waals surface area contributed by atoms with Gasteiger partial charge in [0.2, 0.25) is 0 Å². The molecule has 1 heterocycles. The van der Waals surface area contributed by atoms with Gasteiger partial charge in [-0.15, -0.1) is 0 Å². The number of carbonyl (C=O) groups excluding carboxylic acids is 2. The van der Waals surface area contributed by atoms with Crippen LogP contribution in [-0.2, 0) is 14.3 Å². The predicted molar refractivity (Wildman–Crippen MR) is 75.9 cm³/mol. The van der Waals surface area contributed by atoms with E-state index in [0.29, 0.717) is 5.69 Å². The van der Waals surface area contributed by atoms with Crippen LogP contribution in [0.25, 0.3) is 6.08 Å². The van der Waals surface area contributed by atoms with Crippen molar-refractivity contribution in [2.75, 3.05) is 0 Å². The van der Waals surface area contributed by atoms with Gasteiger partial charge >= 0.3 is 5.97 Å². The first-order valence-corrected chi connectivity index (χ1v) is 7.01. The van der Waals surface area contributed by atoms with Crippen LogP contribution in [0.4, 0.5) is 0 Å². The number of hydrogen-bond donors (Lipinski definition) is 0. The van der Waals surface area contributed by atoms with Crippen molar-refractivity contribution < 1.29 is 14.3 Å². The number of ketones is 1. The highest BCUT2D eigenvalue weighted by atomic mass is 16.5. The summed E-state index contributed by atoms with van der Waals surface area (Å²) in [6, 6.07) is 5.34. The van der Waals surface area contributed by atoms with Crippen LogP contribution in [0.3, 0.4) is 0 Å². The van der Waals surface area contributed by atoms with E-state index in [1.807, 2.05) is 6.07 Å². The smallest absolute Gasteiger partial charge is 0.342 e. The number of ether oxygens (including phenoxy) is 1. The number of carbonyl (C=O) groups is 2. The average molecular weight is 273 g/mol. The maximum atomic E-state index is 12.1. The molecule has 0 amide bonds. The number of rotatable bonds is 4. The average Bonchev–Trinajstić information content (AvgIpc) is 2.46. The van der Waals surface area contributed by atoms with Crippen LogP contribution in [0, 0.1) is 0 Å². The fraction of sp³-hybridized carbons (Fsp3) is 0.438. The molecular weight excluding hydrogens is 254 g/mol. The monoisotopic (exact) mass is 273 g/mol. The second-order valence-corrected chi connectivity index (χ2v) is 5.03. The van der Waals surface area contributed by atoms with Gasteiger partial charge in [-0.2, -0.15) is 0 Å². The van der Waals surface area contributed by atoms with Gasteiger partial charge in [0.05, 0.1) is 5.69 Å². The maximum absolute atomic E-state index is 12.1. The van der Waals surface area contributed by atoms with Gasteiger partial charge in [0, 0.05) is 6.20 Å². The van der Waals surface area contributed by atoms with Crippen molar-refractivity contribution in [1.29, 1.82) is 0 Å². The SMILES string of the molecule is CC(=O)/C(=C\c1ccccn1)C(=O)OC1CCCCC1. The van der Waals surface area contributed by atoms with Gasteiger partial charge in [-0.25, -0.2) is 4.79 Å². The van der Waals surface area contributed by atoms with E-state index in [1.54, 1.807) is 18.3 Å². The Labute approximate surface area is 118 Å². The number of nitrogens with zero attached hydrogens (tertiary/aromatic N) is 1. The maximum Gasteiger partial charge on any atom is 0.342 e. The van der Waals surface area contributed by atoms with E-state index >= 15 is 0 Å². The molecule has 4 nitrogen and oxygen atoms in total. The Morgan fingerprint density at radius 1 is 1.25 bits per heavy atom. The zero-order valence-electron chi connectivity index (χ0n) is 11.7. The van der Waals surface area contributed by atoms with Crippen molar-refractivity contribution in [3.63, 3.8) is 0 Å². The predicted octanol–water partition coefficient (Wildman–Crippen LogP) is 2.93. The molecule has 0 spiro atoms. The fourth-order valence-electron chi connectivity index (χ4n) is 2.31. The molecular formula is C16H19NO3. The molecule has 1 aromatic rings. The van der Waals surface area contributed by atoms with Gasteiger partial charge in [-0.1, -0.05) is 12.5 Å². The third-order valence-corrected chi connectivity index (χ3v) is 3.41. The minimum absolute atomic E-state index is 0.0530. The highest BCUT2D eigenvalue weighted by Gasteiger charge is 2.22. The van der Waals surface area contributed by atoms with Crippen LogP contribution >= 0.6 is 0 Å². The highest BCUT2D eigenvalue weighted by molar-refractivity contribution is 6.19. The number of Topliss-reactive ketones (excluding diaryl/α,β-unsaturated/α-hetero) is 1. The molecule has 1 aromatic heterocycles. The van der Waals surface area contributed by atoms with Gasteiger partial charge in [-0.05, 0) is 50.8 Å². The molecule has 20 heavy (non-hydrogen) atoms. The molecule has 1 fully saturated rings. The summed E-state index contributed by atoms with van der Waals surface area (Å²) in [4.78, 5) is 27.8. The Balaban J connectivity index is 2.10. The second kappa shape index (κ2) is 6.98. The van der Waals surface area contributed by atoms with Crippen molar-refractivity contribution in [2.24, 2.45) is 0 Å². The normalized spacial score (nSPS) is 16.8. The van der Waals surface area contributed by atoms with Crippen LogP contribution in [0.5, 0.6) is 0 Å². The minimum atomic E-state index is -0.532. The summed E-state index contributed by atoms with van der Waals surface area (Å²) in [5.41, 5.74) is 0.646. The highest BCUT2D eigenvalue weighted by Crippen LogP contribution is 2.21. The molecule has 0 radical (unpaired) electrons. The summed E-state index contributed by atoms with van der Waals surface area (Å²) < 4.78 is 5.43. The molecule has 0 saturated heterocycles. The fourth-order valence-corrected chi connectivity index (χ4v) is 2.31. The lowest BCUT2D eigenvalue weighted by atomic mass is 9.97. The lowest BCUT2D eigenvalue weighted by molar-refractivity contribution is -0.146. The molecule has 1 saturated carbocycles. The first-order chi connectivity index (χ1) is 9.66. The third-order valence-electron chi connectivity index (χ3n) is 3.41. The van der Waals surface area contributed by atoms with Gasteiger partial charge < -0.3 is 4.74 Å². The first kappa shape index (κ1) is 14.4. The molecule has 0 aromatic carbocycles. The quantitative estimate of drug-likeness (QED) is 0.366. The molecule has 0 aliphatic heterocycles. The molecule has 4 heteroatoms. The van der Waals surface area contributed by atoms with E-state index in [1.165, 1.54) is 19.4 Å². The molecule has 106 valence electrons. The van der Waals surface area contributed by atoms with E-state index in [-0.39, 0.29) is 17.5 Å². The standard InChI is InChI=1S/C16H19NO3/c1-12(18)15(11-13-7-5-6-10-17-13)16(19)20-14-8-3-2-4-9-14/h5-7,10-11,14H,2-4,8-9H2,1H3/b15-11+. The number of aromatic nitrogens is 1. The van der Waals surface area contributed by atoms with Crippen LogP contribution in [0.1, 0.15) is 44.7 Å². The Morgan fingerprint density at radius 2 is 2.00 bits per heavy atom. The van der Waals surface area contributed by atoms with Gasteiger partial charge in [-0.3, -0.25) is 9.78 Å². The molecule has 2 rings (SSSR count). The summed E-state index contributed by atoms with van der Waals surface area (Å²) >= 11 is 0. The summed E-state index contributed by atoms with van der Waals surface area (Å²) in [7, 11) is 0. The van der Waals surface area contributed by atoms with E-state index in [0.717, 1.165) is 25.7 Å².